The molecule has 8 heteroatoms. The third-order valence-corrected chi connectivity index (χ3v) is 6.31. The number of amides is 1. The number of nitrogens with zero attached hydrogens (tertiary/aromatic N) is 4. The van der Waals surface area contributed by atoms with Gasteiger partial charge in [0.2, 0.25) is 0 Å². The Kier molecular flexibility index (Phi) is 4.48. The number of aryl methyl sites for hydroxylation is 1. The van der Waals surface area contributed by atoms with E-state index in [1.807, 2.05) is 19.1 Å². The minimum absolute atomic E-state index is 0.134. The van der Waals surface area contributed by atoms with E-state index in [1.54, 1.807) is 0 Å². The van der Waals surface area contributed by atoms with Crippen LogP contribution in [0.3, 0.4) is 0 Å². The van der Waals surface area contributed by atoms with Gasteiger partial charge in [0.15, 0.2) is 5.69 Å². The first-order valence-electron chi connectivity index (χ1n) is 10.2. The van der Waals surface area contributed by atoms with E-state index >= 15 is 0 Å². The summed E-state index contributed by atoms with van der Waals surface area (Å²) in [4.78, 5) is 19.8. The van der Waals surface area contributed by atoms with Gasteiger partial charge in [-0.25, -0.2) is 9.78 Å². The molecule has 2 atom stereocenters. The molecule has 0 unspecified atom stereocenters. The van der Waals surface area contributed by atoms with Crippen LogP contribution in [-0.4, -0.2) is 53.4 Å². The van der Waals surface area contributed by atoms with Crippen molar-refractivity contribution in [3.05, 3.63) is 46.8 Å². The van der Waals surface area contributed by atoms with Gasteiger partial charge < -0.3 is 25.0 Å². The quantitative estimate of drug-likeness (QED) is 0.791. The van der Waals surface area contributed by atoms with Crippen LogP contribution in [0.5, 0.6) is 0 Å². The second kappa shape index (κ2) is 7.18. The zero-order chi connectivity index (χ0) is 20.8. The Balaban J connectivity index is 1.56. The van der Waals surface area contributed by atoms with Crippen molar-refractivity contribution in [2.75, 3.05) is 36.5 Å². The van der Waals surface area contributed by atoms with Crippen LogP contribution in [-0.2, 0) is 11.3 Å². The lowest BCUT2D eigenvalue weighted by molar-refractivity contribution is 0.120. The lowest BCUT2D eigenvalue weighted by atomic mass is 9.88. The van der Waals surface area contributed by atoms with Gasteiger partial charge in [-0.2, -0.15) is 5.26 Å². The van der Waals surface area contributed by atoms with E-state index in [0.717, 1.165) is 35.5 Å². The number of anilines is 3. The van der Waals surface area contributed by atoms with Crippen molar-refractivity contribution in [3.8, 4) is 6.07 Å². The van der Waals surface area contributed by atoms with Gasteiger partial charge in [-0.1, -0.05) is 0 Å². The van der Waals surface area contributed by atoms with Crippen LogP contribution in [0.1, 0.15) is 34.9 Å². The normalized spacial score (nSPS) is 22.0. The molecular weight excluding hydrogens is 382 g/mol. The summed E-state index contributed by atoms with van der Waals surface area (Å²) in [5, 5.41) is 22.3. The average molecular weight is 405 g/mol. The molecule has 0 radical (unpaired) electrons. The smallest absolute Gasteiger partial charge is 0.407 e. The number of piperidine rings is 1. The van der Waals surface area contributed by atoms with Gasteiger partial charge in [0, 0.05) is 54.2 Å². The number of carbonyl (C=O) groups is 1. The van der Waals surface area contributed by atoms with Crippen LogP contribution in [0.25, 0.3) is 0 Å². The van der Waals surface area contributed by atoms with Gasteiger partial charge in [-0.05, 0) is 43.2 Å². The zero-order valence-electron chi connectivity index (χ0n) is 16.8. The number of benzene rings is 1. The molecule has 0 aliphatic carbocycles. The average Bonchev–Trinajstić information content (AvgIpc) is 2.89. The van der Waals surface area contributed by atoms with Gasteiger partial charge in [-0.15, -0.1) is 0 Å². The second-order valence-electron chi connectivity index (χ2n) is 8.10. The topological polar surface area (TPSA) is 102 Å². The van der Waals surface area contributed by atoms with Crippen molar-refractivity contribution in [3.63, 3.8) is 0 Å². The number of rotatable bonds is 2. The van der Waals surface area contributed by atoms with E-state index in [-0.39, 0.29) is 5.92 Å². The summed E-state index contributed by atoms with van der Waals surface area (Å²) in [7, 11) is 0. The highest BCUT2D eigenvalue weighted by atomic mass is 16.5. The van der Waals surface area contributed by atoms with Crippen LogP contribution >= 0.6 is 0 Å². The molecule has 2 aromatic rings. The van der Waals surface area contributed by atoms with Gasteiger partial charge in [0.05, 0.1) is 18.9 Å². The first kappa shape index (κ1) is 18.7. The molecule has 154 valence electrons. The minimum atomic E-state index is -0.859. The Morgan fingerprint density at radius 2 is 2.23 bits per heavy atom. The number of nitrogens with one attached hydrogen (secondary N) is 1. The lowest BCUT2D eigenvalue weighted by Gasteiger charge is -2.37. The van der Waals surface area contributed by atoms with E-state index in [0.29, 0.717) is 43.7 Å². The second-order valence-corrected chi connectivity index (χ2v) is 8.10. The number of nitriles is 1. The standard InChI is InChI=1S/C22H23N5O3/c1-13-2-3-18(19(10-23)24-13)25-15-8-14-12-30-7-6-27-20-4-5-26(22(28)29)11-17(20)16(9-15)21(14)27/h2-3,8-9,17,20,25H,4-7,11-12H2,1H3,(H,28,29)/t17-,20-/m0/s1. The first-order valence-corrected chi connectivity index (χ1v) is 10.2. The molecule has 1 fully saturated rings. The maximum atomic E-state index is 11.6. The molecule has 4 heterocycles. The van der Waals surface area contributed by atoms with Gasteiger partial charge in [-0.3, -0.25) is 0 Å². The molecule has 1 aromatic carbocycles. The van der Waals surface area contributed by atoms with Crippen molar-refractivity contribution in [1.29, 1.82) is 5.26 Å². The highest BCUT2D eigenvalue weighted by Gasteiger charge is 2.44. The maximum absolute atomic E-state index is 11.6. The van der Waals surface area contributed by atoms with Crippen molar-refractivity contribution in [1.82, 2.24) is 9.88 Å². The molecule has 1 aromatic heterocycles. The number of hydrogen-bond donors (Lipinski definition) is 2. The molecular formula is C22H23N5O3. The summed E-state index contributed by atoms with van der Waals surface area (Å²) in [6.07, 6.45) is -0.0447. The number of pyridine rings is 1. The molecule has 0 bridgehead atoms. The van der Waals surface area contributed by atoms with Crippen molar-refractivity contribution < 1.29 is 14.6 Å². The lowest BCUT2D eigenvalue weighted by Crippen LogP contribution is -2.48. The fourth-order valence-electron chi connectivity index (χ4n) is 5.01. The molecule has 1 saturated heterocycles. The summed E-state index contributed by atoms with van der Waals surface area (Å²) >= 11 is 0. The van der Waals surface area contributed by atoms with Gasteiger partial charge >= 0.3 is 6.09 Å². The third-order valence-electron chi connectivity index (χ3n) is 6.31. The van der Waals surface area contributed by atoms with Gasteiger partial charge in [0.1, 0.15) is 6.07 Å². The molecule has 0 spiro atoms. The Morgan fingerprint density at radius 3 is 3.03 bits per heavy atom. The predicted molar refractivity (Wildman–Crippen MR) is 111 cm³/mol. The van der Waals surface area contributed by atoms with Crippen LogP contribution in [0.2, 0.25) is 0 Å². The van der Waals surface area contributed by atoms with E-state index in [2.05, 4.69) is 33.4 Å². The molecule has 2 N–H and O–H groups in total. The SMILES string of the molecule is Cc1ccc(Nc2cc3c4c(c2)[C@@H]2CN(C(=O)O)CC[C@@H]2N4CCOC3)c(C#N)n1. The van der Waals surface area contributed by atoms with Crippen LogP contribution in [0, 0.1) is 18.3 Å². The number of fused-ring (bicyclic) bond motifs is 3. The number of hydrogen-bond acceptors (Lipinski definition) is 6. The summed E-state index contributed by atoms with van der Waals surface area (Å²) in [5.74, 6) is 0.134. The molecule has 1 amide bonds. The number of aromatic nitrogens is 1. The van der Waals surface area contributed by atoms with Crippen molar-refractivity contribution >= 4 is 23.2 Å². The predicted octanol–water partition coefficient (Wildman–Crippen LogP) is 3.19. The Bertz CT molecular complexity index is 1060. The van der Waals surface area contributed by atoms with E-state index in [9.17, 15) is 15.2 Å². The fraction of sp³-hybridized carbons (Fsp3) is 0.409. The van der Waals surface area contributed by atoms with E-state index < -0.39 is 6.09 Å². The maximum Gasteiger partial charge on any atom is 0.407 e. The number of ether oxygens (including phenoxy) is 1. The Labute approximate surface area is 174 Å². The first-order chi connectivity index (χ1) is 14.5. The molecule has 30 heavy (non-hydrogen) atoms. The van der Waals surface area contributed by atoms with Crippen LogP contribution in [0.4, 0.5) is 21.9 Å². The van der Waals surface area contributed by atoms with E-state index in [4.69, 9.17) is 4.74 Å². The summed E-state index contributed by atoms with van der Waals surface area (Å²) < 4.78 is 5.85. The monoisotopic (exact) mass is 405 g/mol. The largest absolute Gasteiger partial charge is 0.465 e. The van der Waals surface area contributed by atoms with Crippen LogP contribution < -0.4 is 10.2 Å². The molecule has 5 rings (SSSR count). The summed E-state index contributed by atoms with van der Waals surface area (Å²) in [5.41, 5.74) is 6.13. The van der Waals surface area contributed by atoms with Crippen molar-refractivity contribution in [2.24, 2.45) is 0 Å². The third kappa shape index (κ3) is 3.02. The summed E-state index contributed by atoms with van der Waals surface area (Å²) in [6.45, 7) is 4.92. The van der Waals surface area contributed by atoms with Crippen LogP contribution in [0.15, 0.2) is 24.3 Å². The van der Waals surface area contributed by atoms with E-state index in [1.165, 1.54) is 10.6 Å². The molecule has 0 saturated carbocycles. The summed E-state index contributed by atoms with van der Waals surface area (Å²) in [6, 6.07) is 10.4. The minimum Gasteiger partial charge on any atom is -0.465 e. The molecule has 3 aliphatic heterocycles. The fourth-order valence-corrected chi connectivity index (χ4v) is 5.01. The zero-order valence-corrected chi connectivity index (χ0v) is 16.8. The molecule has 8 nitrogen and oxygen atoms in total. The van der Waals surface area contributed by atoms with Gasteiger partial charge in [0.25, 0.3) is 0 Å². The Hall–Kier alpha value is -3.31. The Morgan fingerprint density at radius 1 is 1.37 bits per heavy atom. The molecule has 3 aliphatic rings. The van der Waals surface area contributed by atoms with Crippen molar-refractivity contribution in [2.45, 2.75) is 31.9 Å². The number of carboxylic acid groups (broad SMARTS) is 1. The highest BCUT2D eigenvalue weighted by Crippen LogP contribution is 2.48. The number of likely N-dealkylation sites (tertiary alicyclic amines) is 1. The highest BCUT2D eigenvalue weighted by molar-refractivity contribution is 5.76.